The van der Waals surface area contributed by atoms with Crippen molar-refractivity contribution in [3.8, 4) is 0 Å². The van der Waals surface area contributed by atoms with E-state index in [-0.39, 0.29) is 25.4 Å². The van der Waals surface area contributed by atoms with Crippen molar-refractivity contribution in [2.45, 2.75) is 69.3 Å². The summed E-state index contributed by atoms with van der Waals surface area (Å²) in [4.78, 5) is 46.9. The lowest BCUT2D eigenvalue weighted by molar-refractivity contribution is -0.204. The van der Waals surface area contributed by atoms with Crippen molar-refractivity contribution in [3.63, 3.8) is 0 Å². The van der Waals surface area contributed by atoms with E-state index in [9.17, 15) is 9.59 Å². The van der Waals surface area contributed by atoms with Crippen LogP contribution in [0.25, 0.3) is 0 Å². The first kappa shape index (κ1) is 31.1. The molecule has 6 rings (SSSR count). The SMILES string of the molecule is CC(C)(C)OC(=O)[C@](C)(Cc1ccccc1)N1C(=O)[C@@](Cc2ccccc2)(N2C(=O)OC[C@@H]2c2ccccc2)[C@H]1c1ccccc1. The van der Waals surface area contributed by atoms with Gasteiger partial charge in [0.2, 0.25) is 0 Å². The maximum atomic E-state index is 15.4. The van der Waals surface area contributed by atoms with Crippen molar-refractivity contribution < 1.29 is 23.9 Å². The second-order valence-electron chi connectivity index (χ2n) is 13.4. The Labute approximate surface area is 270 Å². The van der Waals surface area contributed by atoms with E-state index < -0.39 is 40.8 Å². The monoisotopic (exact) mass is 616 g/mol. The Bertz CT molecular complexity index is 1690. The number of hydrogen-bond donors (Lipinski definition) is 0. The first-order valence-electron chi connectivity index (χ1n) is 15.8. The molecule has 0 unspecified atom stereocenters. The minimum absolute atomic E-state index is 0.113. The van der Waals surface area contributed by atoms with E-state index in [2.05, 4.69) is 0 Å². The van der Waals surface area contributed by atoms with Gasteiger partial charge in [0.1, 0.15) is 17.7 Å². The van der Waals surface area contributed by atoms with Gasteiger partial charge in [-0.3, -0.25) is 9.69 Å². The third-order valence-corrected chi connectivity index (χ3v) is 8.98. The molecule has 0 spiro atoms. The molecule has 2 fully saturated rings. The van der Waals surface area contributed by atoms with E-state index in [0.29, 0.717) is 0 Å². The molecule has 4 atom stereocenters. The largest absolute Gasteiger partial charge is 0.458 e. The van der Waals surface area contributed by atoms with Crippen LogP contribution in [0.4, 0.5) is 4.79 Å². The number of likely N-dealkylation sites (tertiary alicyclic amines) is 1. The molecule has 0 aliphatic carbocycles. The van der Waals surface area contributed by atoms with Crippen molar-refractivity contribution >= 4 is 18.0 Å². The Morgan fingerprint density at radius 3 is 1.80 bits per heavy atom. The summed E-state index contributed by atoms with van der Waals surface area (Å²) < 4.78 is 11.8. The Morgan fingerprint density at radius 1 is 0.761 bits per heavy atom. The molecule has 2 aliphatic heterocycles. The van der Waals surface area contributed by atoms with Crippen molar-refractivity contribution in [3.05, 3.63) is 144 Å². The van der Waals surface area contributed by atoms with Gasteiger partial charge >= 0.3 is 12.1 Å². The third kappa shape index (κ3) is 5.55. The summed E-state index contributed by atoms with van der Waals surface area (Å²) in [6.07, 6.45) is -0.0938. The summed E-state index contributed by atoms with van der Waals surface area (Å²) in [5, 5.41) is 0. The van der Waals surface area contributed by atoms with Gasteiger partial charge in [0.15, 0.2) is 5.54 Å². The van der Waals surface area contributed by atoms with Crippen LogP contribution in [0.5, 0.6) is 0 Å². The second kappa shape index (κ2) is 12.1. The van der Waals surface area contributed by atoms with Gasteiger partial charge in [0.25, 0.3) is 5.91 Å². The van der Waals surface area contributed by atoms with E-state index >= 15 is 4.79 Å². The molecule has 2 heterocycles. The fourth-order valence-corrected chi connectivity index (χ4v) is 6.98. The van der Waals surface area contributed by atoms with Crippen LogP contribution in [0.3, 0.4) is 0 Å². The average molecular weight is 617 g/mol. The van der Waals surface area contributed by atoms with Gasteiger partial charge in [-0.25, -0.2) is 9.59 Å². The maximum Gasteiger partial charge on any atom is 0.411 e. The topological polar surface area (TPSA) is 76.2 Å². The summed E-state index contributed by atoms with van der Waals surface area (Å²) in [7, 11) is 0. The van der Waals surface area contributed by atoms with E-state index in [0.717, 1.165) is 22.3 Å². The molecule has 7 heteroatoms. The van der Waals surface area contributed by atoms with Gasteiger partial charge < -0.3 is 14.4 Å². The highest BCUT2D eigenvalue weighted by Crippen LogP contribution is 2.56. The smallest absolute Gasteiger partial charge is 0.411 e. The number of hydrogen-bond acceptors (Lipinski definition) is 5. The van der Waals surface area contributed by atoms with Gasteiger partial charge in [-0.15, -0.1) is 0 Å². The van der Waals surface area contributed by atoms with Crippen LogP contribution in [-0.2, 0) is 31.9 Å². The third-order valence-electron chi connectivity index (χ3n) is 8.98. The molecule has 236 valence electrons. The van der Waals surface area contributed by atoms with Crippen molar-refractivity contribution in [2.75, 3.05) is 6.61 Å². The summed E-state index contributed by atoms with van der Waals surface area (Å²) in [5.74, 6) is -0.829. The Hall–Kier alpha value is -4.91. The number of amides is 2. The van der Waals surface area contributed by atoms with Gasteiger partial charge in [0, 0.05) is 12.8 Å². The van der Waals surface area contributed by atoms with Gasteiger partial charge in [-0.05, 0) is 49.9 Å². The fourth-order valence-electron chi connectivity index (χ4n) is 6.98. The van der Waals surface area contributed by atoms with E-state index in [1.165, 1.54) is 0 Å². The molecule has 0 saturated carbocycles. The summed E-state index contributed by atoms with van der Waals surface area (Å²) in [6.45, 7) is 7.37. The predicted octanol–water partition coefficient (Wildman–Crippen LogP) is 7.09. The van der Waals surface area contributed by atoms with E-state index in [1.807, 2.05) is 142 Å². The molecule has 0 radical (unpaired) electrons. The highest BCUT2D eigenvalue weighted by molar-refractivity contribution is 6.02. The molecule has 4 aromatic carbocycles. The number of esters is 1. The number of carbonyl (C=O) groups excluding carboxylic acids is 3. The summed E-state index contributed by atoms with van der Waals surface area (Å²) in [5.41, 5.74) is -0.118. The number of β-lactam (4-membered cyclic amide) rings is 1. The minimum atomic E-state index is -1.40. The van der Waals surface area contributed by atoms with Crippen LogP contribution in [0.1, 0.15) is 62.0 Å². The highest BCUT2D eigenvalue weighted by atomic mass is 16.6. The van der Waals surface area contributed by atoms with Gasteiger partial charge in [-0.1, -0.05) is 121 Å². The molecule has 0 N–H and O–H groups in total. The van der Waals surface area contributed by atoms with Gasteiger partial charge in [0.05, 0.1) is 12.1 Å². The number of benzene rings is 4. The van der Waals surface area contributed by atoms with Crippen LogP contribution in [-0.4, -0.2) is 51.1 Å². The quantitative estimate of drug-likeness (QED) is 0.148. The zero-order valence-electron chi connectivity index (χ0n) is 26.8. The fraction of sp³-hybridized carbons (Fsp3) is 0.308. The van der Waals surface area contributed by atoms with Crippen LogP contribution in [0, 0.1) is 0 Å². The van der Waals surface area contributed by atoms with Crippen molar-refractivity contribution in [1.82, 2.24) is 9.80 Å². The van der Waals surface area contributed by atoms with Crippen molar-refractivity contribution in [2.24, 2.45) is 0 Å². The first-order chi connectivity index (χ1) is 22.0. The molecule has 0 bridgehead atoms. The average Bonchev–Trinajstić information content (AvgIpc) is 3.44. The number of cyclic esters (lactones) is 1. The molecule has 2 saturated heterocycles. The van der Waals surface area contributed by atoms with Crippen LogP contribution in [0.15, 0.2) is 121 Å². The Balaban J connectivity index is 1.57. The normalized spacial score (nSPS) is 22.5. The predicted molar refractivity (Wildman–Crippen MR) is 176 cm³/mol. The molecule has 4 aromatic rings. The molecule has 2 amide bonds. The lowest BCUT2D eigenvalue weighted by Crippen LogP contribution is -2.81. The molecule has 0 aromatic heterocycles. The maximum absolute atomic E-state index is 15.4. The molecule has 2 aliphatic rings. The van der Waals surface area contributed by atoms with Crippen LogP contribution < -0.4 is 0 Å². The summed E-state index contributed by atoms with van der Waals surface area (Å²) >= 11 is 0. The van der Waals surface area contributed by atoms with Crippen LogP contribution >= 0.6 is 0 Å². The standard InChI is InChI=1S/C39H40N2O5/c1-37(2,3)46-35(43)38(4,25-28-17-9-5-10-18-28)41-33(31-23-15-8-16-24-31)39(34(41)42,26-29-19-11-6-12-20-29)40-32(27-45-36(40)44)30-21-13-7-14-22-30/h5-24,32-33H,25-27H2,1-4H3/t32-,33-,38+,39+/m1/s1. The number of rotatable bonds is 9. The van der Waals surface area contributed by atoms with Crippen molar-refractivity contribution in [1.29, 1.82) is 0 Å². The van der Waals surface area contributed by atoms with Crippen LogP contribution in [0.2, 0.25) is 0 Å². The van der Waals surface area contributed by atoms with E-state index in [4.69, 9.17) is 9.47 Å². The highest BCUT2D eigenvalue weighted by Gasteiger charge is 2.72. The lowest BCUT2D eigenvalue weighted by atomic mass is 9.66. The van der Waals surface area contributed by atoms with Gasteiger partial charge in [-0.2, -0.15) is 0 Å². The molecular formula is C39H40N2O5. The number of nitrogens with zero attached hydrogens (tertiary/aromatic N) is 2. The number of carbonyl (C=O) groups is 3. The molecule has 7 nitrogen and oxygen atoms in total. The first-order valence-corrected chi connectivity index (χ1v) is 15.8. The Morgan fingerprint density at radius 2 is 1.26 bits per heavy atom. The van der Waals surface area contributed by atoms with E-state index in [1.54, 1.807) is 16.7 Å². The second-order valence-corrected chi connectivity index (χ2v) is 13.4. The lowest BCUT2D eigenvalue weighted by Gasteiger charge is -2.64. The summed E-state index contributed by atoms with van der Waals surface area (Å²) in [6, 6.07) is 37.5. The number of ether oxygens (including phenoxy) is 2. The zero-order chi connectivity index (χ0) is 32.5. The molecular weight excluding hydrogens is 576 g/mol. The zero-order valence-corrected chi connectivity index (χ0v) is 26.8. The minimum Gasteiger partial charge on any atom is -0.458 e. The Kier molecular flexibility index (Phi) is 8.19. The molecule has 46 heavy (non-hydrogen) atoms.